The minimum absolute atomic E-state index is 0.906. The third kappa shape index (κ3) is 3.91. The van der Waals surface area contributed by atoms with Gasteiger partial charge in [0.15, 0.2) is 0 Å². The SMILES string of the molecule is Cc1cccc(CNCc2cc(Br)c(Br)s2)c1. The quantitative estimate of drug-likeness (QED) is 0.804. The fourth-order valence-corrected chi connectivity index (χ4v) is 3.78. The van der Waals surface area contributed by atoms with E-state index in [9.17, 15) is 0 Å². The highest BCUT2D eigenvalue weighted by atomic mass is 79.9. The predicted molar refractivity (Wildman–Crippen MR) is 81.4 cm³/mol. The summed E-state index contributed by atoms with van der Waals surface area (Å²) in [5.41, 5.74) is 2.64. The van der Waals surface area contributed by atoms with Gasteiger partial charge in [0.2, 0.25) is 0 Å². The maximum atomic E-state index is 3.51. The maximum absolute atomic E-state index is 3.51. The lowest BCUT2D eigenvalue weighted by molar-refractivity contribution is 0.700. The Morgan fingerprint density at radius 1 is 1.18 bits per heavy atom. The molecule has 4 heteroatoms. The first-order valence-corrected chi connectivity index (χ1v) is 7.75. The van der Waals surface area contributed by atoms with Gasteiger partial charge in [-0.2, -0.15) is 0 Å². The first kappa shape index (κ1) is 13.3. The van der Waals surface area contributed by atoms with Crippen molar-refractivity contribution in [1.82, 2.24) is 5.32 Å². The molecule has 0 amide bonds. The summed E-state index contributed by atoms with van der Waals surface area (Å²) >= 11 is 8.76. The number of halogens is 2. The van der Waals surface area contributed by atoms with Crippen molar-refractivity contribution in [3.8, 4) is 0 Å². The molecule has 0 saturated carbocycles. The van der Waals surface area contributed by atoms with Gasteiger partial charge in [-0.1, -0.05) is 29.8 Å². The van der Waals surface area contributed by atoms with Crippen LogP contribution in [0, 0.1) is 6.92 Å². The minimum Gasteiger partial charge on any atom is -0.308 e. The van der Waals surface area contributed by atoms with Crippen molar-refractivity contribution in [2.45, 2.75) is 20.0 Å². The molecule has 2 aromatic rings. The van der Waals surface area contributed by atoms with Crippen LogP contribution < -0.4 is 5.32 Å². The van der Waals surface area contributed by atoms with Crippen molar-refractivity contribution >= 4 is 43.2 Å². The first-order chi connectivity index (χ1) is 8.15. The summed E-state index contributed by atoms with van der Waals surface area (Å²) in [5, 5.41) is 3.45. The monoisotopic (exact) mass is 373 g/mol. The molecule has 1 aromatic heterocycles. The van der Waals surface area contributed by atoms with E-state index in [1.54, 1.807) is 11.3 Å². The molecular formula is C13H13Br2NS. The molecule has 1 aromatic carbocycles. The molecule has 90 valence electrons. The van der Waals surface area contributed by atoms with E-state index in [-0.39, 0.29) is 0 Å². The van der Waals surface area contributed by atoms with Gasteiger partial charge in [-0.3, -0.25) is 0 Å². The Balaban J connectivity index is 1.87. The lowest BCUT2D eigenvalue weighted by Crippen LogP contribution is -2.11. The summed E-state index contributed by atoms with van der Waals surface area (Å²) in [6, 6.07) is 10.7. The molecule has 0 fully saturated rings. The highest BCUT2D eigenvalue weighted by molar-refractivity contribution is 9.13. The number of hydrogen-bond acceptors (Lipinski definition) is 2. The smallest absolute Gasteiger partial charge is 0.0843 e. The fourth-order valence-electron chi connectivity index (χ4n) is 1.63. The topological polar surface area (TPSA) is 12.0 Å². The van der Waals surface area contributed by atoms with Gasteiger partial charge in [-0.25, -0.2) is 0 Å². The molecule has 0 unspecified atom stereocenters. The third-order valence-corrected chi connectivity index (χ3v) is 5.66. The van der Waals surface area contributed by atoms with Crippen LogP contribution in [0.4, 0.5) is 0 Å². The lowest BCUT2D eigenvalue weighted by atomic mass is 10.1. The van der Waals surface area contributed by atoms with E-state index in [2.05, 4.69) is 74.4 Å². The second-order valence-corrected chi connectivity index (χ2v) is 7.24. The molecule has 0 aliphatic carbocycles. The average molecular weight is 375 g/mol. The zero-order chi connectivity index (χ0) is 12.3. The van der Waals surface area contributed by atoms with E-state index in [4.69, 9.17) is 0 Å². The molecule has 0 spiro atoms. The Labute approximate surface area is 123 Å². The van der Waals surface area contributed by atoms with Crippen molar-refractivity contribution in [2.75, 3.05) is 0 Å². The normalized spacial score (nSPS) is 10.8. The van der Waals surface area contributed by atoms with Gasteiger partial charge < -0.3 is 5.32 Å². The Morgan fingerprint density at radius 2 is 2.00 bits per heavy atom. The van der Waals surface area contributed by atoms with Crippen LogP contribution in [-0.4, -0.2) is 0 Å². The number of aryl methyl sites for hydroxylation is 1. The van der Waals surface area contributed by atoms with Gasteiger partial charge in [0.1, 0.15) is 0 Å². The number of hydrogen-bond donors (Lipinski definition) is 1. The lowest BCUT2D eigenvalue weighted by Gasteiger charge is -2.04. The zero-order valence-corrected chi connectivity index (χ0v) is 13.5. The third-order valence-electron chi connectivity index (χ3n) is 2.41. The van der Waals surface area contributed by atoms with E-state index in [0.29, 0.717) is 0 Å². The van der Waals surface area contributed by atoms with Gasteiger partial charge in [-0.05, 0) is 50.4 Å². The Bertz CT molecular complexity index is 488. The highest BCUT2D eigenvalue weighted by Crippen LogP contribution is 2.32. The van der Waals surface area contributed by atoms with Crippen molar-refractivity contribution in [2.24, 2.45) is 0 Å². The molecule has 1 N–H and O–H groups in total. The molecule has 1 heterocycles. The van der Waals surface area contributed by atoms with Crippen LogP contribution in [-0.2, 0) is 13.1 Å². The molecule has 1 nitrogen and oxygen atoms in total. The van der Waals surface area contributed by atoms with Crippen molar-refractivity contribution in [1.29, 1.82) is 0 Å². The Kier molecular flexibility index (Phi) is 4.79. The van der Waals surface area contributed by atoms with Crippen molar-refractivity contribution in [3.05, 3.63) is 54.6 Å². The molecule has 0 aliphatic heterocycles. The van der Waals surface area contributed by atoms with Crippen LogP contribution in [0.1, 0.15) is 16.0 Å². The van der Waals surface area contributed by atoms with E-state index >= 15 is 0 Å². The fraction of sp³-hybridized carbons (Fsp3) is 0.231. The predicted octanol–water partition coefficient (Wildman–Crippen LogP) is 4.87. The molecule has 0 saturated heterocycles. The summed E-state index contributed by atoms with van der Waals surface area (Å²) in [6.45, 7) is 3.94. The number of thiophene rings is 1. The van der Waals surface area contributed by atoms with Gasteiger partial charge in [0.25, 0.3) is 0 Å². The van der Waals surface area contributed by atoms with Crippen LogP contribution >= 0.6 is 43.2 Å². The number of benzene rings is 1. The average Bonchev–Trinajstić information content (AvgIpc) is 2.58. The molecule has 0 aliphatic rings. The zero-order valence-electron chi connectivity index (χ0n) is 9.47. The van der Waals surface area contributed by atoms with Crippen LogP contribution in [0.5, 0.6) is 0 Å². The molecule has 0 atom stereocenters. The second kappa shape index (κ2) is 6.14. The summed E-state index contributed by atoms with van der Waals surface area (Å²) in [5.74, 6) is 0. The van der Waals surface area contributed by atoms with Gasteiger partial charge >= 0.3 is 0 Å². The van der Waals surface area contributed by atoms with Gasteiger partial charge in [0.05, 0.1) is 3.79 Å². The van der Waals surface area contributed by atoms with Crippen LogP contribution in [0.3, 0.4) is 0 Å². The maximum Gasteiger partial charge on any atom is 0.0843 e. The summed E-state index contributed by atoms with van der Waals surface area (Å²) in [6.07, 6.45) is 0. The van der Waals surface area contributed by atoms with Gasteiger partial charge in [0, 0.05) is 22.4 Å². The second-order valence-electron chi connectivity index (χ2n) is 3.93. The highest BCUT2D eigenvalue weighted by Gasteiger charge is 2.03. The molecule has 17 heavy (non-hydrogen) atoms. The summed E-state index contributed by atoms with van der Waals surface area (Å²) in [4.78, 5) is 1.33. The van der Waals surface area contributed by atoms with Crippen molar-refractivity contribution in [3.63, 3.8) is 0 Å². The Morgan fingerprint density at radius 3 is 2.65 bits per heavy atom. The van der Waals surface area contributed by atoms with E-state index in [0.717, 1.165) is 21.3 Å². The van der Waals surface area contributed by atoms with Crippen LogP contribution in [0.15, 0.2) is 38.6 Å². The Hall–Kier alpha value is -0.160. The largest absolute Gasteiger partial charge is 0.308 e. The standard InChI is InChI=1S/C13H13Br2NS/c1-9-3-2-4-10(5-9)7-16-8-11-6-12(14)13(15)17-11/h2-6,16H,7-8H2,1H3. The molecule has 0 bridgehead atoms. The van der Waals surface area contributed by atoms with Crippen molar-refractivity contribution < 1.29 is 0 Å². The van der Waals surface area contributed by atoms with Crippen LogP contribution in [0.2, 0.25) is 0 Å². The molecule has 2 rings (SSSR count). The summed E-state index contributed by atoms with van der Waals surface area (Å²) < 4.78 is 2.29. The molecular weight excluding hydrogens is 362 g/mol. The van der Waals surface area contributed by atoms with E-state index < -0.39 is 0 Å². The van der Waals surface area contributed by atoms with E-state index in [1.807, 2.05) is 0 Å². The number of rotatable bonds is 4. The summed E-state index contributed by atoms with van der Waals surface area (Å²) in [7, 11) is 0. The van der Waals surface area contributed by atoms with Crippen LogP contribution in [0.25, 0.3) is 0 Å². The van der Waals surface area contributed by atoms with Gasteiger partial charge in [-0.15, -0.1) is 11.3 Å². The van der Waals surface area contributed by atoms with E-state index in [1.165, 1.54) is 16.0 Å². The first-order valence-electron chi connectivity index (χ1n) is 5.35. The molecule has 0 radical (unpaired) electrons. The minimum atomic E-state index is 0.906. The number of nitrogens with one attached hydrogen (secondary N) is 1.